The molecular formula is C6H9N. The zero-order chi connectivity index (χ0) is 5.70. The van der Waals surface area contributed by atoms with Crippen LogP contribution in [-0.2, 0) is 0 Å². The molecule has 0 heterocycles. The molecule has 0 spiro atoms. The van der Waals surface area contributed by atoms with Crippen LogP contribution in [0.15, 0.2) is 0 Å². The maximum Gasteiger partial charge on any atom is 0.0778 e. The molecule has 0 aromatic heterocycles. The second-order valence-corrected chi connectivity index (χ2v) is 1.28. The number of hydrogen-bond acceptors (Lipinski definition) is 1. The molecule has 1 N–H and O–H groups in total. The molecular weight excluding hydrogens is 86.1 g/mol. The monoisotopic (exact) mass is 95.1 g/mol. The Bertz CT molecular complexity index is 114. The summed E-state index contributed by atoms with van der Waals surface area (Å²) >= 11 is 0. The summed E-state index contributed by atoms with van der Waals surface area (Å²) in [6.45, 7) is 3.65. The summed E-state index contributed by atoms with van der Waals surface area (Å²) in [6.07, 6.45) is 0.843. The zero-order valence-electron chi connectivity index (χ0n) is 4.71. The van der Waals surface area contributed by atoms with Gasteiger partial charge in [0.2, 0.25) is 0 Å². The van der Waals surface area contributed by atoms with E-state index in [1.807, 2.05) is 6.92 Å². The lowest BCUT2D eigenvalue weighted by molar-refractivity contribution is 1.28. The lowest BCUT2D eigenvalue weighted by Gasteiger charge is -1.71. The molecule has 0 aliphatic rings. The molecule has 0 amide bonds. The number of nitrogens with one attached hydrogen (secondary N) is 1. The Morgan fingerprint density at radius 1 is 1.71 bits per heavy atom. The van der Waals surface area contributed by atoms with Crippen LogP contribution in [0.3, 0.4) is 0 Å². The van der Waals surface area contributed by atoms with Crippen molar-refractivity contribution in [3.05, 3.63) is 0 Å². The van der Waals surface area contributed by atoms with Crippen LogP contribution < -0.4 is 0 Å². The van der Waals surface area contributed by atoms with Crippen LogP contribution in [0.2, 0.25) is 0 Å². The molecule has 1 nitrogen and oxygen atoms in total. The molecule has 0 atom stereocenters. The van der Waals surface area contributed by atoms with Gasteiger partial charge in [0, 0.05) is 6.42 Å². The average Bonchev–Trinajstić information content (AvgIpc) is 1.61. The smallest absolute Gasteiger partial charge is 0.0778 e. The van der Waals surface area contributed by atoms with Gasteiger partial charge >= 0.3 is 0 Å². The van der Waals surface area contributed by atoms with Crippen LogP contribution >= 0.6 is 0 Å². The van der Waals surface area contributed by atoms with Crippen LogP contribution in [0.5, 0.6) is 0 Å². The highest BCUT2D eigenvalue weighted by Gasteiger charge is 1.68. The fourth-order valence-electron chi connectivity index (χ4n) is 0.221. The van der Waals surface area contributed by atoms with E-state index < -0.39 is 0 Å². The molecule has 0 aliphatic heterocycles. The van der Waals surface area contributed by atoms with Gasteiger partial charge in [-0.2, -0.15) is 0 Å². The van der Waals surface area contributed by atoms with E-state index in [2.05, 4.69) is 11.8 Å². The molecule has 0 fully saturated rings. The minimum atomic E-state index is 0.446. The first kappa shape index (κ1) is 6.23. The van der Waals surface area contributed by atoms with Gasteiger partial charge in [-0.3, -0.25) is 5.41 Å². The van der Waals surface area contributed by atoms with Crippen molar-refractivity contribution < 1.29 is 0 Å². The summed E-state index contributed by atoms with van der Waals surface area (Å²) in [5, 5.41) is 6.82. The minimum Gasteiger partial charge on any atom is -0.297 e. The first-order valence-electron chi connectivity index (χ1n) is 2.31. The summed E-state index contributed by atoms with van der Waals surface area (Å²) in [5.41, 5.74) is 0.446. The molecule has 38 valence electrons. The molecule has 0 rings (SSSR count). The highest BCUT2D eigenvalue weighted by molar-refractivity contribution is 5.95. The second kappa shape index (κ2) is 3.42. The van der Waals surface area contributed by atoms with Crippen molar-refractivity contribution in [1.82, 2.24) is 0 Å². The van der Waals surface area contributed by atoms with Crippen LogP contribution in [0.1, 0.15) is 20.3 Å². The maximum atomic E-state index is 6.82. The SMILES string of the molecule is CCC#CC(C)=N. The van der Waals surface area contributed by atoms with Gasteiger partial charge in [-0.25, -0.2) is 0 Å². The van der Waals surface area contributed by atoms with E-state index in [9.17, 15) is 0 Å². The summed E-state index contributed by atoms with van der Waals surface area (Å²) in [7, 11) is 0. The predicted molar refractivity (Wildman–Crippen MR) is 31.5 cm³/mol. The van der Waals surface area contributed by atoms with Crippen molar-refractivity contribution in [2.45, 2.75) is 20.3 Å². The first-order chi connectivity index (χ1) is 3.27. The minimum absolute atomic E-state index is 0.446. The van der Waals surface area contributed by atoms with E-state index >= 15 is 0 Å². The zero-order valence-corrected chi connectivity index (χ0v) is 4.71. The Morgan fingerprint density at radius 3 is 2.43 bits per heavy atom. The molecule has 0 aromatic rings. The van der Waals surface area contributed by atoms with Gasteiger partial charge in [-0.05, 0) is 6.92 Å². The summed E-state index contributed by atoms with van der Waals surface area (Å²) in [5.74, 6) is 5.40. The Balaban J connectivity index is 3.45. The van der Waals surface area contributed by atoms with Gasteiger partial charge < -0.3 is 0 Å². The van der Waals surface area contributed by atoms with E-state index in [-0.39, 0.29) is 0 Å². The highest BCUT2D eigenvalue weighted by Crippen LogP contribution is 1.67. The van der Waals surface area contributed by atoms with E-state index in [0.29, 0.717) is 5.71 Å². The number of hydrogen-bond donors (Lipinski definition) is 1. The van der Waals surface area contributed by atoms with Crippen molar-refractivity contribution in [3.63, 3.8) is 0 Å². The molecule has 7 heavy (non-hydrogen) atoms. The standard InChI is InChI=1S/C6H9N/c1-3-4-5-6(2)7/h7H,3H2,1-2H3. The van der Waals surface area contributed by atoms with Crippen molar-refractivity contribution in [3.8, 4) is 11.8 Å². The molecule has 0 bridgehead atoms. The van der Waals surface area contributed by atoms with Crippen LogP contribution in [0.25, 0.3) is 0 Å². The topological polar surface area (TPSA) is 23.9 Å². The number of rotatable bonds is 0. The van der Waals surface area contributed by atoms with E-state index in [1.54, 1.807) is 6.92 Å². The Kier molecular flexibility index (Phi) is 3.04. The van der Waals surface area contributed by atoms with Gasteiger partial charge in [0.15, 0.2) is 0 Å². The Labute approximate surface area is 44.2 Å². The molecule has 0 aliphatic carbocycles. The van der Waals surface area contributed by atoms with Gasteiger partial charge in [0.1, 0.15) is 0 Å². The molecule has 0 radical (unpaired) electrons. The summed E-state index contributed by atoms with van der Waals surface area (Å²) in [6, 6.07) is 0. The van der Waals surface area contributed by atoms with E-state index in [4.69, 9.17) is 5.41 Å². The largest absolute Gasteiger partial charge is 0.297 e. The van der Waals surface area contributed by atoms with Gasteiger partial charge in [0.05, 0.1) is 5.71 Å². The fraction of sp³-hybridized carbons (Fsp3) is 0.500. The fourth-order valence-corrected chi connectivity index (χ4v) is 0.221. The van der Waals surface area contributed by atoms with E-state index in [1.165, 1.54) is 0 Å². The van der Waals surface area contributed by atoms with Gasteiger partial charge in [0.25, 0.3) is 0 Å². The normalized spacial score (nSPS) is 6.57. The molecule has 0 saturated carbocycles. The predicted octanol–water partition coefficient (Wildman–Crippen LogP) is 1.44. The van der Waals surface area contributed by atoms with Gasteiger partial charge in [-0.15, -0.1) is 0 Å². The second-order valence-electron chi connectivity index (χ2n) is 1.28. The summed E-state index contributed by atoms with van der Waals surface area (Å²) < 4.78 is 0. The van der Waals surface area contributed by atoms with Gasteiger partial charge in [-0.1, -0.05) is 18.8 Å². The van der Waals surface area contributed by atoms with Crippen LogP contribution in [0.4, 0.5) is 0 Å². The Hall–Kier alpha value is -0.770. The average molecular weight is 95.1 g/mol. The first-order valence-corrected chi connectivity index (χ1v) is 2.31. The molecule has 1 heteroatoms. The van der Waals surface area contributed by atoms with Crippen molar-refractivity contribution >= 4 is 5.71 Å². The lowest BCUT2D eigenvalue weighted by atomic mass is 10.4. The third kappa shape index (κ3) is 5.23. The summed E-state index contributed by atoms with van der Waals surface area (Å²) in [4.78, 5) is 0. The lowest BCUT2D eigenvalue weighted by Crippen LogP contribution is -1.76. The maximum absolute atomic E-state index is 6.82. The molecule has 0 aromatic carbocycles. The molecule has 0 unspecified atom stereocenters. The van der Waals surface area contributed by atoms with Crippen molar-refractivity contribution in [2.75, 3.05) is 0 Å². The highest BCUT2D eigenvalue weighted by atomic mass is 14.4. The van der Waals surface area contributed by atoms with Crippen LogP contribution in [-0.4, -0.2) is 5.71 Å². The van der Waals surface area contributed by atoms with Crippen molar-refractivity contribution in [2.24, 2.45) is 0 Å². The third-order valence-electron chi connectivity index (χ3n) is 0.453. The van der Waals surface area contributed by atoms with E-state index in [0.717, 1.165) is 6.42 Å². The van der Waals surface area contributed by atoms with Crippen LogP contribution in [0, 0.1) is 17.3 Å². The quantitative estimate of drug-likeness (QED) is 0.347. The Morgan fingerprint density at radius 2 is 2.29 bits per heavy atom. The van der Waals surface area contributed by atoms with Crippen molar-refractivity contribution in [1.29, 1.82) is 5.41 Å². The third-order valence-corrected chi connectivity index (χ3v) is 0.453. The molecule has 0 saturated heterocycles.